The molecule has 0 bridgehead atoms. The summed E-state index contributed by atoms with van der Waals surface area (Å²) in [7, 11) is -3.36. The zero-order valence-electron chi connectivity index (χ0n) is 7.24. The molecule has 0 unspecified atom stereocenters. The first-order valence-electron chi connectivity index (χ1n) is 3.85. The van der Waals surface area contributed by atoms with Crippen LogP contribution in [0.2, 0.25) is 0 Å². The Bertz CT molecular complexity index is 332. The van der Waals surface area contributed by atoms with Crippen molar-refractivity contribution in [2.45, 2.75) is 13.5 Å². The Morgan fingerprint density at radius 2 is 2.31 bits per heavy atom. The maximum Gasteiger partial charge on any atom is 0.277 e. The second kappa shape index (κ2) is 4.35. The molecule has 0 radical (unpaired) electrons. The number of hydrogen-bond donors (Lipinski definition) is 3. The molecule has 1 rings (SSSR count). The van der Waals surface area contributed by atoms with E-state index in [0.29, 0.717) is 6.54 Å². The first-order chi connectivity index (χ1) is 6.14. The number of H-pyrrole nitrogens is 1. The molecule has 1 heterocycles. The summed E-state index contributed by atoms with van der Waals surface area (Å²) in [5.74, 6) is 0. The van der Waals surface area contributed by atoms with Crippen LogP contribution in [0.3, 0.4) is 0 Å². The Balaban J connectivity index is 2.43. The van der Waals surface area contributed by atoms with Crippen molar-refractivity contribution in [1.82, 2.24) is 19.4 Å². The van der Waals surface area contributed by atoms with Crippen molar-refractivity contribution in [3.63, 3.8) is 0 Å². The molecule has 0 aromatic carbocycles. The van der Waals surface area contributed by atoms with E-state index in [0.717, 1.165) is 5.69 Å². The van der Waals surface area contributed by atoms with Gasteiger partial charge in [-0.25, -0.2) is 9.71 Å². The Morgan fingerprint density at radius 3 is 2.85 bits per heavy atom. The van der Waals surface area contributed by atoms with Crippen LogP contribution >= 0.6 is 0 Å². The molecule has 1 aromatic rings. The van der Waals surface area contributed by atoms with E-state index >= 15 is 0 Å². The standard InChI is InChI=1S/C6H12N4O2S/c1-2-9-13(11,12)10-4-6-3-7-5-8-6/h3,5,9-10H,2,4H2,1H3,(H,7,8). The minimum absolute atomic E-state index is 0.218. The van der Waals surface area contributed by atoms with E-state index in [2.05, 4.69) is 19.4 Å². The van der Waals surface area contributed by atoms with Crippen molar-refractivity contribution < 1.29 is 8.42 Å². The third-order valence-corrected chi connectivity index (χ3v) is 2.53. The van der Waals surface area contributed by atoms with Crippen LogP contribution in [0.1, 0.15) is 12.6 Å². The van der Waals surface area contributed by atoms with Crippen LogP contribution in [-0.2, 0) is 16.8 Å². The first kappa shape index (κ1) is 10.2. The van der Waals surface area contributed by atoms with Gasteiger partial charge in [-0.1, -0.05) is 6.92 Å². The molecule has 0 aliphatic heterocycles. The number of nitrogens with zero attached hydrogens (tertiary/aromatic N) is 1. The predicted molar refractivity (Wildman–Crippen MR) is 48.0 cm³/mol. The molecular weight excluding hydrogens is 192 g/mol. The minimum atomic E-state index is -3.36. The molecular formula is C6H12N4O2S. The fourth-order valence-corrected chi connectivity index (χ4v) is 1.62. The Hall–Kier alpha value is -0.920. The molecule has 74 valence electrons. The molecule has 1 aromatic heterocycles. The maximum atomic E-state index is 11.1. The molecule has 0 aliphatic rings. The van der Waals surface area contributed by atoms with E-state index in [1.54, 1.807) is 13.1 Å². The van der Waals surface area contributed by atoms with Crippen LogP contribution in [0.5, 0.6) is 0 Å². The third-order valence-electron chi connectivity index (χ3n) is 1.34. The van der Waals surface area contributed by atoms with Gasteiger partial charge in [0.2, 0.25) is 0 Å². The summed E-state index contributed by atoms with van der Waals surface area (Å²) >= 11 is 0. The van der Waals surface area contributed by atoms with Gasteiger partial charge in [0, 0.05) is 18.4 Å². The van der Waals surface area contributed by atoms with E-state index in [1.807, 2.05) is 0 Å². The maximum absolute atomic E-state index is 11.1. The van der Waals surface area contributed by atoms with Crippen LogP contribution in [0.4, 0.5) is 0 Å². The normalized spacial score (nSPS) is 11.8. The van der Waals surface area contributed by atoms with Crippen LogP contribution in [0, 0.1) is 0 Å². The number of imidazole rings is 1. The zero-order chi connectivity index (χ0) is 9.73. The van der Waals surface area contributed by atoms with E-state index < -0.39 is 10.2 Å². The number of aromatic amines is 1. The summed E-state index contributed by atoms with van der Waals surface area (Å²) in [5, 5.41) is 0. The number of hydrogen-bond acceptors (Lipinski definition) is 3. The molecule has 0 atom stereocenters. The lowest BCUT2D eigenvalue weighted by Crippen LogP contribution is -2.35. The highest BCUT2D eigenvalue weighted by molar-refractivity contribution is 7.87. The van der Waals surface area contributed by atoms with Gasteiger partial charge in [-0.2, -0.15) is 13.1 Å². The van der Waals surface area contributed by atoms with Gasteiger partial charge in [0.15, 0.2) is 0 Å². The average Bonchev–Trinajstić information content (AvgIpc) is 2.52. The van der Waals surface area contributed by atoms with Crippen molar-refractivity contribution in [3.05, 3.63) is 18.2 Å². The SMILES string of the molecule is CCNS(=O)(=O)NCc1cnc[nH]1. The molecule has 13 heavy (non-hydrogen) atoms. The summed E-state index contributed by atoms with van der Waals surface area (Å²) in [6, 6.07) is 0. The van der Waals surface area contributed by atoms with E-state index in [9.17, 15) is 8.42 Å². The van der Waals surface area contributed by atoms with Gasteiger partial charge in [-0.05, 0) is 0 Å². The smallest absolute Gasteiger partial charge is 0.277 e. The van der Waals surface area contributed by atoms with Gasteiger partial charge < -0.3 is 4.98 Å². The monoisotopic (exact) mass is 204 g/mol. The fourth-order valence-electron chi connectivity index (χ4n) is 0.795. The lowest BCUT2D eigenvalue weighted by molar-refractivity contribution is 0.567. The van der Waals surface area contributed by atoms with Gasteiger partial charge in [0.05, 0.1) is 12.9 Å². The molecule has 0 spiro atoms. The van der Waals surface area contributed by atoms with Crippen molar-refractivity contribution in [2.75, 3.05) is 6.54 Å². The summed E-state index contributed by atoms with van der Waals surface area (Å²) in [6.45, 7) is 2.31. The molecule has 0 fully saturated rings. The van der Waals surface area contributed by atoms with Crippen LogP contribution < -0.4 is 9.44 Å². The highest BCUT2D eigenvalue weighted by Crippen LogP contribution is 1.90. The number of nitrogens with one attached hydrogen (secondary N) is 3. The summed E-state index contributed by atoms with van der Waals surface area (Å²) in [5.41, 5.74) is 0.724. The zero-order valence-corrected chi connectivity index (χ0v) is 8.06. The lowest BCUT2D eigenvalue weighted by Gasteiger charge is -2.04. The predicted octanol–water partition coefficient (Wildman–Crippen LogP) is -0.646. The van der Waals surface area contributed by atoms with Crippen LogP contribution in [0.25, 0.3) is 0 Å². The van der Waals surface area contributed by atoms with E-state index in [-0.39, 0.29) is 6.54 Å². The Labute approximate surface area is 77.0 Å². The van der Waals surface area contributed by atoms with Gasteiger partial charge in [0.25, 0.3) is 10.2 Å². The second-order valence-corrected chi connectivity index (χ2v) is 3.98. The van der Waals surface area contributed by atoms with E-state index in [4.69, 9.17) is 0 Å². The molecule has 6 nitrogen and oxygen atoms in total. The first-order valence-corrected chi connectivity index (χ1v) is 5.34. The molecule has 0 amide bonds. The van der Waals surface area contributed by atoms with Crippen LogP contribution in [0.15, 0.2) is 12.5 Å². The molecule has 0 saturated heterocycles. The van der Waals surface area contributed by atoms with Gasteiger partial charge in [-0.15, -0.1) is 0 Å². The number of aromatic nitrogens is 2. The minimum Gasteiger partial charge on any atom is -0.347 e. The van der Waals surface area contributed by atoms with Gasteiger partial charge >= 0.3 is 0 Å². The number of rotatable bonds is 5. The Morgan fingerprint density at radius 1 is 1.54 bits per heavy atom. The molecule has 7 heteroatoms. The fraction of sp³-hybridized carbons (Fsp3) is 0.500. The summed E-state index contributed by atoms with van der Waals surface area (Å²) in [6.07, 6.45) is 3.06. The Kier molecular flexibility index (Phi) is 3.40. The van der Waals surface area contributed by atoms with Crippen molar-refractivity contribution in [3.8, 4) is 0 Å². The largest absolute Gasteiger partial charge is 0.347 e. The second-order valence-electron chi connectivity index (χ2n) is 2.40. The quantitative estimate of drug-likeness (QED) is 0.596. The highest BCUT2D eigenvalue weighted by atomic mass is 32.2. The third kappa shape index (κ3) is 3.53. The summed E-state index contributed by atoms with van der Waals surface area (Å²) < 4.78 is 26.8. The van der Waals surface area contributed by atoms with Gasteiger partial charge in [0.1, 0.15) is 0 Å². The van der Waals surface area contributed by atoms with Crippen molar-refractivity contribution >= 4 is 10.2 Å². The summed E-state index contributed by atoms with van der Waals surface area (Å²) in [4.78, 5) is 6.54. The van der Waals surface area contributed by atoms with Crippen molar-refractivity contribution in [1.29, 1.82) is 0 Å². The average molecular weight is 204 g/mol. The topological polar surface area (TPSA) is 86.9 Å². The molecule has 3 N–H and O–H groups in total. The molecule has 0 aliphatic carbocycles. The lowest BCUT2D eigenvalue weighted by atomic mass is 10.5. The molecule has 0 saturated carbocycles. The van der Waals surface area contributed by atoms with Crippen molar-refractivity contribution in [2.24, 2.45) is 0 Å². The van der Waals surface area contributed by atoms with Crippen LogP contribution in [-0.4, -0.2) is 24.9 Å². The van der Waals surface area contributed by atoms with E-state index in [1.165, 1.54) is 6.33 Å². The highest BCUT2D eigenvalue weighted by Gasteiger charge is 2.06. The van der Waals surface area contributed by atoms with Gasteiger partial charge in [-0.3, -0.25) is 0 Å².